The van der Waals surface area contributed by atoms with E-state index in [1.807, 2.05) is 4.90 Å². The lowest BCUT2D eigenvalue weighted by Gasteiger charge is -2.20. The molecule has 1 N–H and O–H groups in total. The first-order chi connectivity index (χ1) is 12.5. The number of amides is 1. The minimum absolute atomic E-state index is 0. The van der Waals surface area contributed by atoms with Crippen molar-refractivity contribution in [2.45, 2.75) is 17.7 Å². The first-order valence-electron chi connectivity index (χ1n) is 9.19. The number of benzene rings is 1. The molecule has 0 aliphatic carbocycles. The number of halogens is 1. The summed E-state index contributed by atoms with van der Waals surface area (Å²) in [7, 11) is -2.20. The van der Waals surface area contributed by atoms with Crippen LogP contribution in [-0.2, 0) is 10.0 Å². The third-order valence-electron chi connectivity index (χ3n) is 5.77. The molecule has 3 saturated heterocycles. The molecule has 3 aliphatic heterocycles. The second kappa shape index (κ2) is 7.95. The minimum Gasteiger partial charge on any atom is -0.495 e. The highest BCUT2D eigenvalue weighted by molar-refractivity contribution is 7.89. The zero-order chi connectivity index (χ0) is 18.3. The van der Waals surface area contributed by atoms with Gasteiger partial charge in [-0.05, 0) is 42.9 Å². The van der Waals surface area contributed by atoms with Gasteiger partial charge in [0.2, 0.25) is 10.0 Å². The summed E-state index contributed by atoms with van der Waals surface area (Å²) in [6.07, 6.45) is 1.73. The largest absolute Gasteiger partial charge is 0.495 e. The molecule has 2 atom stereocenters. The lowest BCUT2D eigenvalue weighted by molar-refractivity contribution is 0.0781. The predicted octanol–water partition coefficient (Wildman–Crippen LogP) is 1.19. The van der Waals surface area contributed by atoms with E-state index < -0.39 is 10.0 Å². The van der Waals surface area contributed by atoms with Crippen LogP contribution in [0.15, 0.2) is 23.1 Å². The molecule has 3 aliphatic rings. The van der Waals surface area contributed by atoms with Crippen LogP contribution in [-0.4, -0.2) is 69.9 Å². The SMILES string of the molecule is COc1ccc(C(=O)N2C[C@H]3CNC[C@H]3C2)cc1S(=O)(=O)N1CCCC1.Cl. The Kier molecular flexibility index (Phi) is 6.00. The zero-order valence-electron chi connectivity index (χ0n) is 15.4. The van der Waals surface area contributed by atoms with E-state index in [9.17, 15) is 13.2 Å². The van der Waals surface area contributed by atoms with Gasteiger partial charge in [-0.1, -0.05) is 0 Å². The number of sulfonamides is 1. The van der Waals surface area contributed by atoms with Gasteiger partial charge in [0.25, 0.3) is 5.91 Å². The summed E-state index contributed by atoms with van der Waals surface area (Å²) in [5, 5.41) is 3.36. The van der Waals surface area contributed by atoms with Gasteiger partial charge in [-0.2, -0.15) is 4.31 Å². The number of nitrogens with zero attached hydrogens (tertiary/aromatic N) is 2. The molecular weight excluding hydrogens is 390 g/mol. The number of likely N-dealkylation sites (tertiary alicyclic amines) is 1. The van der Waals surface area contributed by atoms with Crippen molar-refractivity contribution in [1.82, 2.24) is 14.5 Å². The fourth-order valence-corrected chi connectivity index (χ4v) is 5.98. The lowest BCUT2D eigenvalue weighted by atomic mass is 10.0. The van der Waals surface area contributed by atoms with Crippen molar-refractivity contribution >= 4 is 28.3 Å². The number of rotatable bonds is 4. The summed E-state index contributed by atoms with van der Waals surface area (Å²) in [5.74, 6) is 1.20. The Morgan fingerprint density at radius 2 is 1.78 bits per heavy atom. The number of carbonyl (C=O) groups is 1. The maximum atomic E-state index is 13.0. The van der Waals surface area contributed by atoms with Crippen LogP contribution in [0.4, 0.5) is 0 Å². The molecule has 9 heteroatoms. The maximum Gasteiger partial charge on any atom is 0.253 e. The molecule has 0 spiro atoms. The van der Waals surface area contributed by atoms with Gasteiger partial charge >= 0.3 is 0 Å². The Morgan fingerprint density at radius 3 is 2.37 bits per heavy atom. The van der Waals surface area contributed by atoms with Gasteiger partial charge in [0.1, 0.15) is 10.6 Å². The van der Waals surface area contributed by atoms with Crippen LogP contribution >= 0.6 is 12.4 Å². The Morgan fingerprint density at radius 1 is 1.15 bits per heavy atom. The molecule has 1 amide bonds. The van der Waals surface area contributed by atoms with E-state index in [4.69, 9.17) is 4.74 Å². The zero-order valence-corrected chi connectivity index (χ0v) is 17.0. The first-order valence-corrected chi connectivity index (χ1v) is 10.6. The van der Waals surface area contributed by atoms with Crippen LogP contribution in [0.3, 0.4) is 0 Å². The Hall–Kier alpha value is -1.35. The molecule has 0 unspecified atom stereocenters. The summed E-state index contributed by atoms with van der Waals surface area (Å²) in [5.41, 5.74) is 0.413. The first kappa shape index (κ1) is 20.4. The number of carbonyl (C=O) groups excluding carboxylic acids is 1. The monoisotopic (exact) mass is 415 g/mol. The molecule has 7 nitrogen and oxygen atoms in total. The smallest absolute Gasteiger partial charge is 0.253 e. The standard InChI is InChI=1S/C18H25N3O4S.ClH/c1-25-16-5-4-13(8-17(16)26(23,24)21-6-2-3-7-21)18(22)20-11-14-9-19-10-15(14)12-20;/h4-5,8,14-15,19H,2-3,6-7,9-12H2,1H3;1H/t14-,15+;. The minimum atomic E-state index is -3.65. The summed E-state index contributed by atoms with van der Waals surface area (Å²) in [6.45, 7) is 4.41. The van der Waals surface area contributed by atoms with Crippen molar-refractivity contribution in [3.63, 3.8) is 0 Å². The van der Waals surface area contributed by atoms with Crippen molar-refractivity contribution in [2.75, 3.05) is 46.4 Å². The highest BCUT2D eigenvalue weighted by Gasteiger charge is 2.39. The molecule has 150 valence electrons. The molecule has 0 aromatic heterocycles. The van der Waals surface area contributed by atoms with Crippen LogP contribution in [0.5, 0.6) is 5.75 Å². The quantitative estimate of drug-likeness (QED) is 0.799. The van der Waals surface area contributed by atoms with Crippen LogP contribution in [0, 0.1) is 11.8 Å². The van der Waals surface area contributed by atoms with Crippen molar-refractivity contribution in [2.24, 2.45) is 11.8 Å². The molecule has 3 fully saturated rings. The third-order valence-corrected chi connectivity index (χ3v) is 7.69. The van der Waals surface area contributed by atoms with Crippen molar-refractivity contribution in [3.05, 3.63) is 23.8 Å². The summed E-state index contributed by atoms with van der Waals surface area (Å²) in [6, 6.07) is 4.74. The van der Waals surface area contributed by atoms with E-state index in [0.29, 0.717) is 30.5 Å². The molecule has 4 rings (SSSR count). The van der Waals surface area contributed by atoms with E-state index >= 15 is 0 Å². The molecular formula is C18H26ClN3O4S. The number of fused-ring (bicyclic) bond motifs is 1. The van der Waals surface area contributed by atoms with Gasteiger partial charge in [-0.25, -0.2) is 8.42 Å². The van der Waals surface area contributed by atoms with Crippen molar-refractivity contribution < 1.29 is 17.9 Å². The van der Waals surface area contributed by atoms with Crippen LogP contribution in [0.1, 0.15) is 23.2 Å². The Balaban J connectivity index is 0.00000210. The van der Waals surface area contributed by atoms with Crippen molar-refractivity contribution in [1.29, 1.82) is 0 Å². The van der Waals surface area contributed by atoms with Crippen molar-refractivity contribution in [3.8, 4) is 5.75 Å². The highest BCUT2D eigenvalue weighted by atomic mass is 35.5. The molecule has 0 saturated carbocycles. The number of hydrogen-bond donors (Lipinski definition) is 1. The van der Waals surface area contributed by atoms with E-state index in [2.05, 4.69) is 5.32 Å². The average Bonchev–Trinajstić information content (AvgIpc) is 3.36. The molecule has 1 aromatic carbocycles. The fraction of sp³-hybridized carbons (Fsp3) is 0.611. The Bertz CT molecular complexity index is 799. The molecule has 3 heterocycles. The van der Waals surface area contributed by atoms with Gasteiger partial charge in [-0.3, -0.25) is 4.79 Å². The second-order valence-corrected chi connectivity index (χ2v) is 9.27. The van der Waals surface area contributed by atoms with Gasteiger partial charge in [0.05, 0.1) is 7.11 Å². The molecule has 0 bridgehead atoms. The maximum absolute atomic E-state index is 13.0. The summed E-state index contributed by atoms with van der Waals surface area (Å²) in [4.78, 5) is 14.9. The third kappa shape index (κ3) is 3.68. The van der Waals surface area contributed by atoms with E-state index in [1.54, 1.807) is 12.1 Å². The van der Waals surface area contributed by atoms with E-state index in [1.165, 1.54) is 17.5 Å². The Labute approximate surface area is 166 Å². The molecule has 0 radical (unpaired) electrons. The van der Waals surface area contributed by atoms with E-state index in [-0.39, 0.29) is 29.0 Å². The molecule has 27 heavy (non-hydrogen) atoms. The second-order valence-electron chi connectivity index (χ2n) is 7.37. The van der Waals surface area contributed by atoms with Crippen LogP contribution in [0.25, 0.3) is 0 Å². The normalized spacial score (nSPS) is 25.3. The lowest BCUT2D eigenvalue weighted by Crippen LogP contribution is -2.32. The number of methoxy groups -OCH3 is 1. The van der Waals surface area contributed by atoms with Gasteiger partial charge in [0, 0.05) is 44.8 Å². The number of nitrogens with one attached hydrogen (secondary N) is 1. The summed E-state index contributed by atoms with van der Waals surface area (Å²) < 4.78 is 32.7. The average molecular weight is 416 g/mol. The van der Waals surface area contributed by atoms with Crippen LogP contribution < -0.4 is 10.1 Å². The molecule has 1 aromatic rings. The predicted molar refractivity (Wildman–Crippen MR) is 104 cm³/mol. The summed E-state index contributed by atoms with van der Waals surface area (Å²) >= 11 is 0. The number of ether oxygens (including phenoxy) is 1. The highest BCUT2D eigenvalue weighted by Crippen LogP contribution is 2.32. The van der Waals surface area contributed by atoms with Gasteiger partial charge < -0.3 is 15.0 Å². The van der Waals surface area contributed by atoms with Crippen LogP contribution in [0.2, 0.25) is 0 Å². The van der Waals surface area contributed by atoms with E-state index in [0.717, 1.165) is 39.0 Å². The fourth-order valence-electron chi connectivity index (χ4n) is 4.28. The van der Waals surface area contributed by atoms with Gasteiger partial charge in [-0.15, -0.1) is 12.4 Å². The van der Waals surface area contributed by atoms with Gasteiger partial charge in [0.15, 0.2) is 0 Å². The topological polar surface area (TPSA) is 79.0 Å². The number of hydrogen-bond acceptors (Lipinski definition) is 5.